The molecule has 96 valence electrons. The second-order valence-electron chi connectivity index (χ2n) is 4.98. The van der Waals surface area contributed by atoms with Crippen LogP contribution in [0.4, 0.5) is 5.82 Å². The van der Waals surface area contributed by atoms with Crippen LogP contribution in [0.3, 0.4) is 0 Å². The normalized spacial score (nSPS) is 10.8. The molecule has 19 heavy (non-hydrogen) atoms. The lowest BCUT2D eigenvalue weighted by atomic mass is 10.1. The van der Waals surface area contributed by atoms with E-state index < -0.39 is 5.54 Å². The van der Waals surface area contributed by atoms with E-state index in [0.717, 1.165) is 16.8 Å². The van der Waals surface area contributed by atoms with Crippen LogP contribution in [0.1, 0.15) is 19.4 Å². The summed E-state index contributed by atoms with van der Waals surface area (Å²) in [5.74, 6) is 0.601. The Morgan fingerprint density at radius 1 is 1.11 bits per heavy atom. The zero-order valence-corrected chi connectivity index (χ0v) is 11.3. The highest BCUT2D eigenvalue weighted by atomic mass is 15.2. The lowest BCUT2D eigenvalue weighted by molar-refractivity contribution is 0.719. The molecule has 1 aromatic carbocycles. The SMILES string of the molecule is Cc1ccccc1-c1ccc(NC(C)(C)C#N)nn1. The van der Waals surface area contributed by atoms with Crippen molar-refractivity contribution < 1.29 is 0 Å². The van der Waals surface area contributed by atoms with Gasteiger partial charge >= 0.3 is 0 Å². The standard InChI is InChI=1S/C15H16N4/c1-11-6-4-5-7-12(11)13-8-9-14(19-18-13)17-15(2,3)10-16/h4-9H,1-3H3,(H,17,19). The number of rotatable bonds is 3. The Hall–Kier alpha value is -2.41. The predicted octanol–water partition coefficient (Wildman–Crippen LogP) is 3.17. The van der Waals surface area contributed by atoms with Crippen LogP contribution >= 0.6 is 0 Å². The van der Waals surface area contributed by atoms with Gasteiger partial charge in [0.05, 0.1) is 11.8 Å². The van der Waals surface area contributed by atoms with Gasteiger partial charge in [0.25, 0.3) is 0 Å². The molecule has 0 amide bonds. The molecule has 2 aromatic rings. The van der Waals surface area contributed by atoms with Gasteiger partial charge in [0.2, 0.25) is 0 Å². The largest absolute Gasteiger partial charge is 0.351 e. The van der Waals surface area contributed by atoms with E-state index in [2.05, 4.69) is 21.6 Å². The van der Waals surface area contributed by atoms with Crippen LogP contribution in [0.5, 0.6) is 0 Å². The first-order valence-electron chi connectivity index (χ1n) is 6.11. The number of hydrogen-bond donors (Lipinski definition) is 1. The van der Waals surface area contributed by atoms with Gasteiger partial charge in [-0.2, -0.15) is 5.26 Å². The number of nitrogens with one attached hydrogen (secondary N) is 1. The molecule has 1 heterocycles. The van der Waals surface area contributed by atoms with Gasteiger partial charge in [0.15, 0.2) is 0 Å². The summed E-state index contributed by atoms with van der Waals surface area (Å²) < 4.78 is 0. The molecule has 0 fully saturated rings. The van der Waals surface area contributed by atoms with E-state index >= 15 is 0 Å². The third kappa shape index (κ3) is 3.08. The van der Waals surface area contributed by atoms with E-state index in [1.807, 2.05) is 43.3 Å². The highest BCUT2D eigenvalue weighted by Gasteiger charge is 2.16. The molecule has 0 aliphatic heterocycles. The molecule has 4 heteroatoms. The van der Waals surface area contributed by atoms with Gasteiger partial charge in [-0.15, -0.1) is 10.2 Å². The van der Waals surface area contributed by atoms with Crippen molar-refractivity contribution in [3.63, 3.8) is 0 Å². The molecule has 0 radical (unpaired) electrons. The van der Waals surface area contributed by atoms with Gasteiger partial charge in [-0.3, -0.25) is 0 Å². The molecular formula is C15H16N4. The first-order chi connectivity index (χ1) is 9.02. The smallest absolute Gasteiger partial charge is 0.149 e. The molecular weight excluding hydrogens is 236 g/mol. The molecule has 4 nitrogen and oxygen atoms in total. The molecule has 0 atom stereocenters. The summed E-state index contributed by atoms with van der Waals surface area (Å²) in [5.41, 5.74) is 2.41. The molecule has 0 spiro atoms. The zero-order valence-electron chi connectivity index (χ0n) is 11.3. The number of benzene rings is 1. The van der Waals surface area contributed by atoms with Gasteiger partial charge in [0.1, 0.15) is 11.4 Å². The van der Waals surface area contributed by atoms with Gasteiger partial charge in [-0.05, 0) is 38.5 Å². The quantitative estimate of drug-likeness (QED) is 0.911. The van der Waals surface area contributed by atoms with Gasteiger partial charge < -0.3 is 5.32 Å². The van der Waals surface area contributed by atoms with Gasteiger partial charge in [0, 0.05) is 5.56 Å². The fourth-order valence-electron chi connectivity index (χ4n) is 1.75. The number of aryl methyl sites for hydroxylation is 1. The number of aromatic nitrogens is 2. The molecule has 0 saturated heterocycles. The molecule has 1 N–H and O–H groups in total. The minimum Gasteiger partial charge on any atom is -0.351 e. The molecule has 2 rings (SSSR count). The van der Waals surface area contributed by atoms with Crippen LogP contribution in [0.2, 0.25) is 0 Å². The van der Waals surface area contributed by atoms with Crippen LogP contribution in [-0.4, -0.2) is 15.7 Å². The molecule has 0 unspecified atom stereocenters. The molecule has 0 saturated carbocycles. The Balaban J connectivity index is 2.25. The van der Waals surface area contributed by atoms with Crippen LogP contribution in [-0.2, 0) is 0 Å². The summed E-state index contributed by atoms with van der Waals surface area (Å²) in [6.45, 7) is 5.63. The highest BCUT2D eigenvalue weighted by Crippen LogP contribution is 2.21. The van der Waals surface area contributed by atoms with E-state index in [-0.39, 0.29) is 0 Å². The van der Waals surface area contributed by atoms with E-state index in [1.165, 1.54) is 0 Å². The minimum absolute atomic E-state index is 0.601. The predicted molar refractivity (Wildman–Crippen MR) is 75.5 cm³/mol. The van der Waals surface area contributed by atoms with Crippen LogP contribution in [0, 0.1) is 18.3 Å². The van der Waals surface area contributed by atoms with E-state index in [1.54, 1.807) is 13.8 Å². The lowest BCUT2D eigenvalue weighted by Crippen LogP contribution is -2.29. The summed E-state index contributed by atoms with van der Waals surface area (Å²) in [7, 11) is 0. The average molecular weight is 252 g/mol. The first kappa shape index (κ1) is 13.0. The summed E-state index contributed by atoms with van der Waals surface area (Å²) >= 11 is 0. The van der Waals surface area contributed by atoms with Crippen molar-refractivity contribution in [1.29, 1.82) is 5.26 Å². The van der Waals surface area contributed by atoms with E-state index in [0.29, 0.717) is 5.82 Å². The second-order valence-corrected chi connectivity index (χ2v) is 4.98. The maximum absolute atomic E-state index is 8.96. The Labute approximate surface area is 113 Å². The second kappa shape index (κ2) is 5.07. The molecule has 0 bridgehead atoms. The average Bonchev–Trinajstić information content (AvgIpc) is 2.40. The summed E-state index contributed by atoms with van der Waals surface area (Å²) in [6, 6.07) is 14.0. The maximum Gasteiger partial charge on any atom is 0.149 e. The van der Waals surface area contributed by atoms with Crippen molar-refractivity contribution in [2.24, 2.45) is 0 Å². The topological polar surface area (TPSA) is 61.6 Å². The number of nitriles is 1. The molecule has 0 aliphatic rings. The van der Waals surface area contributed by atoms with Gasteiger partial charge in [-0.1, -0.05) is 24.3 Å². The van der Waals surface area contributed by atoms with Crippen molar-refractivity contribution >= 4 is 5.82 Å². The van der Waals surface area contributed by atoms with Crippen molar-refractivity contribution in [1.82, 2.24) is 10.2 Å². The van der Waals surface area contributed by atoms with Crippen LogP contribution in [0.25, 0.3) is 11.3 Å². The zero-order chi connectivity index (χ0) is 13.9. The lowest BCUT2D eigenvalue weighted by Gasteiger charge is -2.17. The number of anilines is 1. The van der Waals surface area contributed by atoms with Crippen molar-refractivity contribution in [3.05, 3.63) is 42.0 Å². The maximum atomic E-state index is 8.96. The number of hydrogen-bond acceptors (Lipinski definition) is 4. The third-order valence-electron chi connectivity index (χ3n) is 2.81. The minimum atomic E-state index is -0.654. The first-order valence-corrected chi connectivity index (χ1v) is 6.11. The fourth-order valence-corrected chi connectivity index (χ4v) is 1.75. The fraction of sp³-hybridized carbons (Fsp3) is 0.267. The Morgan fingerprint density at radius 3 is 2.42 bits per heavy atom. The Bertz CT molecular complexity index is 609. The van der Waals surface area contributed by atoms with Crippen molar-refractivity contribution in [2.75, 3.05) is 5.32 Å². The molecule has 1 aromatic heterocycles. The Kier molecular flexibility index (Phi) is 3.48. The van der Waals surface area contributed by atoms with Crippen molar-refractivity contribution in [2.45, 2.75) is 26.3 Å². The Morgan fingerprint density at radius 2 is 1.84 bits per heavy atom. The van der Waals surface area contributed by atoms with E-state index in [4.69, 9.17) is 5.26 Å². The molecule has 0 aliphatic carbocycles. The summed E-state index contributed by atoms with van der Waals surface area (Å²) in [5, 5.41) is 20.3. The summed E-state index contributed by atoms with van der Waals surface area (Å²) in [4.78, 5) is 0. The summed E-state index contributed by atoms with van der Waals surface area (Å²) in [6.07, 6.45) is 0. The number of nitrogens with zero attached hydrogens (tertiary/aromatic N) is 3. The van der Waals surface area contributed by atoms with Crippen molar-refractivity contribution in [3.8, 4) is 17.3 Å². The monoisotopic (exact) mass is 252 g/mol. The van der Waals surface area contributed by atoms with E-state index in [9.17, 15) is 0 Å². The highest BCUT2D eigenvalue weighted by molar-refractivity contribution is 5.63. The van der Waals surface area contributed by atoms with Crippen LogP contribution in [0.15, 0.2) is 36.4 Å². The van der Waals surface area contributed by atoms with Crippen LogP contribution < -0.4 is 5.32 Å². The third-order valence-corrected chi connectivity index (χ3v) is 2.81. The van der Waals surface area contributed by atoms with Gasteiger partial charge in [-0.25, -0.2) is 0 Å².